The molecular formula is C24H17F3N4O3. The number of anilines is 1. The van der Waals surface area contributed by atoms with Crippen LogP contribution in [-0.4, -0.2) is 32.9 Å². The fourth-order valence-corrected chi connectivity index (χ4v) is 4.05. The van der Waals surface area contributed by atoms with E-state index in [-0.39, 0.29) is 16.8 Å². The molecule has 10 heteroatoms. The minimum absolute atomic E-state index is 0.0414. The van der Waals surface area contributed by atoms with E-state index >= 15 is 0 Å². The summed E-state index contributed by atoms with van der Waals surface area (Å²) in [6.07, 6.45) is -3.61. The fourth-order valence-electron chi connectivity index (χ4n) is 4.05. The van der Waals surface area contributed by atoms with E-state index in [1.807, 2.05) is 32.0 Å². The number of rotatable bonds is 3. The summed E-state index contributed by atoms with van der Waals surface area (Å²) in [4.78, 5) is 31.7. The summed E-state index contributed by atoms with van der Waals surface area (Å²) >= 11 is 0. The quantitative estimate of drug-likeness (QED) is 0.395. The van der Waals surface area contributed by atoms with Crippen LogP contribution in [0.1, 0.15) is 37.5 Å². The van der Waals surface area contributed by atoms with Crippen LogP contribution in [0.5, 0.6) is 5.75 Å². The zero-order valence-corrected chi connectivity index (χ0v) is 18.3. The number of imide groups is 1. The van der Waals surface area contributed by atoms with Gasteiger partial charge in [0.05, 0.1) is 33.6 Å². The number of halogens is 3. The van der Waals surface area contributed by atoms with E-state index in [0.29, 0.717) is 16.7 Å². The molecule has 172 valence electrons. The van der Waals surface area contributed by atoms with Crippen LogP contribution in [0.2, 0.25) is 0 Å². The minimum atomic E-state index is -4.91. The lowest BCUT2D eigenvalue weighted by molar-refractivity contribution is -0.274. The van der Waals surface area contributed by atoms with Gasteiger partial charge in [-0.1, -0.05) is 12.1 Å². The first-order valence-electron chi connectivity index (χ1n) is 10.3. The molecule has 2 aromatic heterocycles. The van der Waals surface area contributed by atoms with Crippen molar-refractivity contribution in [2.24, 2.45) is 0 Å². The van der Waals surface area contributed by atoms with E-state index in [2.05, 4.69) is 14.8 Å². The zero-order valence-electron chi connectivity index (χ0n) is 18.3. The molecule has 7 nitrogen and oxygen atoms in total. The van der Waals surface area contributed by atoms with Crippen LogP contribution in [0.4, 0.5) is 18.9 Å². The van der Waals surface area contributed by atoms with Gasteiger partial charge in [-0.2, -0.15) is 5.10 Å². The van der Waals surface area contributed by atoms with Gasteiger partial charge in [0.2, 0.25) is 0 Å². The molecule has 0 bridgehead atoms. The number of pyridine rings is 1. The Morgan fingerprint density at radius 1 is 0.912 bits per heavy atom. The molecule has 0 unspecified atom stereocenters. The number of aryl methyl sites for hydroxylation is 3. The van der Waals surface area contributed by atoms with Gasteiger partial charge in [-0.3, -0.25) is 9.59 Å². The van der Waals surface area contributed by atoms with Gasteiger partial charge in [-0.25, -0.2) is 14.6 Å². The molecule has 4 aromatic rings. The Bertz CT molecular complexity index is 1510. The molecule has 3 heterocycles. The second kappa shape index (κ2) is 7.41. The van der Waals surface area contributed by atoms with Gasteiger partial charge in [-0.05, 0) is 56.2 Å². The number of nitrogens with zero attached hydrogens (tertiary/aromatic N) is 4. The first kappa shape index (κ1) is 21.6. The first-order chi connectivity index (χ1) is 16.0. The second-order valence-corrected chi connectivity index (χ2v) is 8.00. The topological polar surface area (TPSA) is 77.3 Å². The van der Waals surface area contributed by atoms with Gasteiger partial charge in [0.15, 0.2) is 5.65 Å². The average Bonchev–Trinajstić information content (AvgIpc) is 3.23. The number of carbonyl (C=O) groups excluding carboxylic acids is 2. The second-order valence-electron chi connectivity index (χ2n) is 8.00. The van der Waals surface area contributed by atoms with Crippen LogP contribution in [0.15, 0.2) is 48.7 Å². The van der Waals surface area contributed by atoms with Crippen molar-refractivity contribution < 1.29 is 27.5 Å². The van der Waals surface area contributed by atoms with Gasteiger partial charge in [0.1, 0.15) is 5.75 Å². The van der Waals surface area contributed by atoms with Crippen molar-refractivity contribution in [2.75, 3.05) is 4.90 Å². The van der Waals surface area contributed by atoms with E-state index in [9.17, 15) is 22.8 Å². The minimum Gasteiger partial charge on any atom is -0.406 e. The molecule has 0 fully saturated rings. The van der Waals surface area contributed by atoms with E-state index in [4.69, 9.17) is 0 Å². The van der Waals surface area contributed by atoms with Crippen LogP contribution in [-0.2, 0) is 0 Å². The van der Waals surface area contributed by atoms with Crippen molar-refractivity contribution in [3.8, 4) is 11.4 Å². The van der Waals surface area contributed by atoms with Crippen LogP contribution in [0.3, 0.4) is 0 Å². The molecule has 0 saturated heterocycles. The highest BCUT2D eigenvalue weighted by atomic mass is 19.4. The molecule has 0 saturated carbocycles. The number of hydrogen-bond acceptors (Lipinski definition) is 5. The average molecular weight is 466 g/mol. The Labute approximate surface area is 191 Å². The molecule has 5 rings (SSSR count). The standard InChI is InChI=1S/C24H17F3N4O3/c1-12-7-8-16(9-13(12)2)31-21-19(14(3)29-31)20-18(11-28-21)22(32)30(23(20)33)15-5-4-6-17(10-15)34-24(25,26)27/h4-11H,1-3H3. The molecule has 2 aromatic carbocycles. The Kier molecular flexibility index (Phi) is 4.71. The molecule has 1 aliphatic heterocycles. The lowest BCUT2D eigenvalue weighted by Crippen LogP contribution is -2.29. The predicted molar refractivity (Wildman–Crippen MR) is 117 cm³/mol. The van der Waals surface area contributed by atoms with Crippen molar-refractivity contribution in [3.63, 3.8) is 0 Å². The fraction of sp³-hybridized carbons (Fsp3) is 0.167. The van der Waals surface area contributed by atoms with Gasteiger partial charge >= 0.3 is 6.36 Å². The predicted octanol–water partition coefficient (Wildman–Crippen LogP) is 5.04. The Hall–Kier alpha value is -4.21. The monoisotopic (exact) mass is 466 g/mol. The van der Waals surface area contributed by atoms with Crippen molar-refractivity contribution in [3.05, 3.63) is 76.6 Å². The maximum atomic E-state index is 13.4. The molecule has 2 amide bonds. The lowest BCUT2D eigenvalue weighted by atomic mass is 10.1. The lowest BCUT2D eigenvalue weighted by Gasteiger charge is -2.15. The van der Waals surface area contributed by atoms with Gasteiger partial charge in [0.25, 0.3) is 11.8 Å². The highest BCUT2D eigenvalue weighted by Crippen LogP contribution is 2.36. The molecule has 34 heavy (non-hydrogen) atoms. The third kappa shape index (κ3) is 3.38. The number of aromatic nitrogens is 3. The SMILES string of the molecule is Cc1ccc(-n2nc(C)c3c4c(cnc32)C(=O)N(c2cccc(OC(F)(F)F)c2)C4=O)cc1C. The first-order valence-corrected chi connectivity index (χ1v) is 10.3. The number of ether oxygens (including phenoxy) is 1. The summed E-state index contributed by atoms with van der Waals surface area (Å²) in [6, 6.07) is 10.5. The van der Waals surface area contributed by atoms with Crippen LogP contribution in [0.25, 0.3) is 16.7 Å². The molecular weight excluding hydrogens is 449 g/mol. The molecule has 0 aliphatic carbocycles. The number of hydrogen-bond donors (Lipinski definition) is 0. The molecule has 0 atom stereocenters. The summed E-state index contributed by atoms with van der Waals surface area (Å²) in [5.41, 5.74) is 3.94. The molecule has 1 aliphatic rings. The highest BCUT2D eigenvalue weighted by molar-refractivity contribution is 6.37. The van der Waals surface area contributed by atoms with Crippen molar-refractivity contribution in [2.45, 2.75) is 27.1 Å². The van der Waals surface area contributed by atoms with Crippen molar-refractivity contribution in [1.29, 1.82) is 0 Å². The number of fused-ring (bicyclic) bond motifs is 3. The van der Waals surface area contributed by atoms with E-state index < -0.39 is 23.9 Å². The normalized spacial score (nSPS) is 13.6. The highest BCUT2D eigenvalue weighted by Gasteiger charge is 2.40. The van der Waals surface area contributed by atoms with E-state index in [1.54, 1.807) is 11.6 Å². The maximum Gasteiger partial charge on any atom is 0.573 e. The number of amides is 2. The summed E-state index contributed by atoms with van der Waals surface area (Å²) in [5, 5.41) is 4.96. The molecule has 0 radical (unpaired) electrons. The van der Waals surface area contributed by atoms with E-state index in [1.165, 1.54) is 18.3 Å². The van der Waals surface area contributed by atoms with Crippen LogP contribution in [0, 0.1) is 20.8 Å². The molecule has 0 N–H and O–H groups in total. The van der Waals surface area contributed by atoms with Crippen LogP contribution < -0.4 is 9.64 Å². The van der Waals surface area contributed by atoms with Crippen LogP contribution >= 0.6 is 0 Å². The Balaban J connectivity index is 1.62. The van der Waals surface area contributed by atoms with Crippen molar-refractivity contribution >= 4 is 28.5 Å². The number of alkyl halides is 3. The summed E-state index contributed by atoms with van der Waals surface area (Å²) < 4.78 is 43.5. The summed E-state index contributed by atoms with van der Waals surface area (Å²) in [7, 11) is 0. The number of carbonyl (C=O) groups is 2. The third-order valence-corrected chi connectivity index (χ3v) is 5.77. The smallest absolute Gasteiger partial charge is 0.406 e. The van der Waals surface area contributed by atoms with E-state index in [0.717, 1.165) is 33.8 Å². The summed E-state index contributed by atoms with van der Waals surface area (Å²) in [6.45, 7) is 5.67. The largest absolute Gasteiger partial charge is 0.573 e. The van der Waals surface area contributed by atoms with Gasteiger partial charge in [0, 0.05) is 12.3 Å². The van der Waals surface area contributed by atoms with Gasteiger partial charge in [-0.15, -0.1) is 13.2 Å². The Morgan fingerprint density at radius 3 is 2.38 bits per heavy atom. The van der Waals surface area contributed by atoms with Crippen molar-refractivity contribution in [1.82, 2.24) is 14.8 Å². The summed E-state index contributed by atoms with van der Waals surface area (Å²) in [5.74, 6) is -1.89. The third-order valence-electron chi connectivity index (χ3n) is 5.77. The Morgan fingerprint density at radius 2 is 1.68 bits per heavy atom. The number of benzene rings is 2. The molecule has 0 spiro atoms. The zero-order chi connectivity index (χ0) is 24.4. The van der Waals surface area contributed by atoms with Gasteiger partial charge < -0.3 is 4.74 Å². The maximum absolute atomic E-state index is 13.4.